The van der Waals surface area contributed by atoms with E-state index in [1.54, 1.807) is 30.4 Å². The van der Waals surface area contributed by atoms with Crippen LogP contribution in [-0.2, 0) is 24.0 Å². The second-order valence-corrected chi connectivity index (χ2v) is 8.51. The van der Waals surface area contributed by atoms with Gasteiger partial charge in [-0.15, -0.1) is 0 Å². The average Bonchev–Trinajstić information content (AvgIpc) is 3.07. The summed E-state index contributed by atoms with van der Waals surface area (Å²) in [4.78, 5) is 62.7. The van der Waals surface area contributed by atoms with Gasteiger partial charge in [-0.25, -0.2) is 0 Å². The van der Waals surface area contributed by atoms with Gasteiger partial charge in [-0.3, -0.25) is 29.3 Å². The number of carbonyl (C=O) groups is 5. The molecule has 1 heterocycles. The third-order valence-electron chi connectivity index (χ3n) is 6.04. The van der Waals surface area contributed by atoms with Crippen molar-refractivity contribution in [3.63, 3.8) is 0 Å². The Morgan fingerprint density at radius 1 is 1.06 bits per heavy atom. The number of hydrogen-bond donors (Lipinski definition) is 3. The van der Waals surface area contributed by atoms with E-state index in [1.165, 1.54) is 13.0 Å². The predicted molar refractivity (Wildman–Crippen MR) is 128 cm³/mol. The zero-order valence-corrected chi connectivity index (χ0v) is 20.0. The van der Waals surface area contributed by atoms with Gasteiger partial charge < -0.3 is 10.6 Å². The molecule has 1 aliphatic heterocycles. The van der Waals surface area contributed by atoms with Crippen molar-refractivity contribution in [1.82, 2.24) is 16.0 Å². The normalized spacial score (nSPS) is 20.7. The average molecular weight is 468 g/mol. The number of allylic oxidation sites excluding steroid dienone is 3. The lowest BCUT2D eigenvalue weighted by Crippen LogP contribution is -2.50. The van der Waals surface area contributed by atoms with E-state index in [-0.39, 0.29) is 18.2 Å². The number of ketones is 1. The lowest BCUT2D eigenvalue weighted by molar-refractivity contribution is -0.137. The first kappa shape index (κ1) is 26.7. The van der Waals surface area contributed by atoms with Gasteiger partial charge in [-0.1, -0.05) is 75.8 Å². The van der Waals surface area contributed by atoms with E-state index in [0.29, 0.717) is 6.42 Å². The van der Waals surface area contributed by atoms with Crippen LogP contribution < -0.4 is 16.0 Å². The van der Waals surface area contributed by atoms with Crippen LogP contribution in [0.25, 0.3) is 0 Å². The Morgan fingerprint density at radius 2 is 1.74 bits per heavy atom. The minimum atomic E-state index is -1.13. The first-order valence-electron chi connectivity index (χ1n) is 11.5. The molecule has 5 atom stereocenters. The first-order chi connectivity index (χ1) is 16.2. The molecule has 1 aliphatic rings. The number of rotatable bonds is 11. The maximum absolute atomic E-state index is 13.2. The molecule has 34 heavy (non-hydrogen) atoms. The molecule has 0 saturated carbocycles. The molecule has 1 aromatic carbocycles. The van der Waals surface area contributed by atoms with E-state index < -0.39 is 47.4 Å². The fourth-order valence-electron chi connectivity index (χ4n) is 3.82. The van der Waals surface area contributed by atoms with Crippen LogP contribution in [-0.4, -0.2) is 35.5 Å². The van der Waals surface area contributed by atoms with Crippen LogP contribution in [0.1, 0.15) is 52.1 Å². The summed E-state index contributed by atoms with van der Waals surface area (Å²) in [6, 6.07) is 7.52. The van der Waals surface area contributed by atoms with Crippen molar-refractivity contribution < 1.29 is 24.0 Å². The maximum atomic E-state index is 13.2. The smallest absolute Gasteiger partial charge is 0.244 e. The lowest BCUT2D eigenvalue weighted by Gasteiger charge is -2.27. The largest absolute Gasteiger partial charge is 0.346 e. The number of nitrogens with one attached hydrogen (secondary N) is 3. The third kappa shape index (κ3) is 6.97. The number of carbonyl (C=O) groups excluding carboxylic acids is 5. The van der Waals surface area contributed by atoms with Crippen molar-refractivity contribution in [2.75, 3.05) is 0 Å². The zero-order valence-electron chi connectivity index (χ0n) is 20.0. The molecule has 0 spiro atoms. The molecule has 1 saturated heterocycles. The van der Waals surface area contributed by atoms with E-state index in [0.717, 1.165) is 5.56 Å². The van der Waals surface area contributed by atoms with Gasteiger partial charge in [0.05, 0.1) is 24.4 Å². The number of imide groups is 1. The number of hydrogen-bond acceptors (Lipinski definition) is 5. The molecule has 2 rings (SSSR count). The molecule has 0 aromatic heterocycles. The van der Waals surface area contributed by atoms with Gasteiger partial charge >= 0.3 is 0 Å². The van der Waals surface area contributed by atoms with Gasteiger partial charge in [-0.2, -0.15) is 0 Å². The fourth-order valence-corrected chi connectivity index (χ4v) is 3.82. The van der Waals surface area contributed by atoms with Gasteiger partial charge in [0.1, 0.15) is 5.92 Å². The van der Waals surface area contributed by atoms with Gasteiger partial charge in [-0.05, 0) is 18.4 Å². The summed E-state index contributed by atoms with van der Waals surface area (Å²) < 4.78 is 0. The molecule has 0 radical (unpaired) electrons. The molecule has 182 valence electrons. The van der Waals surface area contributed by atoms with Crippen LogP contribution in [0.5, 0.6) is 0 Å². The number of amides is 4. The van der Waals surface area contributed by atoms with Crippen molar-refractivity contribution in [3.05, 3.63) is 60.2 Å². The Balaban J connectivity index is 2.20. The Kier molecular flexibility index (Phi) is 9.92. The molecule has 0 aliphatic carbocycles. The lowest BCUT2D eigenvalue weighted by atomic mass is 9.83. The Labute approximate surface area is 200 Å². The molecule has 1 fully saturated rings. The van der Waals surface area contributed by atoms with Gasteiger partial charge in [0.25, 0.3) is 0 Å². The molecular weight excluding hydrogens is 434 g/mol. The summed E-state index contributed by atoms with van der Waals surface area (Å²) in [6.07, 6.45) is 6.97. The highest BCUT2D eigenvalue weighted by molar-refractivity contribution is 6.16. The van der Waals surface area contributed by atoms with Crippen LogP contribution in [0, 0.1) is 17.8 Å². The first-order valence-corrected chi connectivity index (χ1v) is 11.5. The van der Waals surface area contributed by atoms with Crippen LogP contribution in [0.4, 0.5) is 0 Å². The molecule has 1 aromatic rings. The standard InChI is InChI=1S/C26H33N3O5/c1-5-7-9-14-20(30)27-19(18-12-10-8-11-13-18)15-21(31)28-23(16(3)6-2)24(32)22-17(4)25(33)29-26(22)34/h5,7-14,16-17,19,22-23H,6,15H2,1-4H3,(H,27,30)(H,28,31)(H,29,33,34)/b7-5+,14-9+/t16?,17-,19-,22+,23?/m0/s1. The molecular formula is C26H33N3O5. The predicted octanol–water partition coefficient (Wildman–Crippen LogP) is 2.38. The summed E-state index contributed by atoms with van der Waals surface area (Å²) in [5.74, 6) is -4.57. The van der Waals surface area contributed by atoms with Crippen molar-refractivity contribution in [3.8, 4) is 0 Å². The Hall–Kier alpha value is -3.55. The highest BCUT2D eigenvalue weighted by Crippen LogP contribution is 2.25. The molecule has 0 bridgehead atoms. The summed E-state index contributed by atoms with van der Waals surface area (Å²) >= 11 is 0. The summed E-state index contributed by atoms with van der Waals surface area (Å²) in [5.41, 5.74) is 0.742. The zero-order chi connectivity index (χ0) is 25.3. The summed E-state index contributed by atoms with van der Waals surface area (Å²) in [7, 11) is 0. The molecule has 2 unspecified atom stereocenters. The van der Waals surface area contributed by atoms with E-state index in [2.05, 4.69) is 16.0 Å². The van der Waals surface area contributed by atoms with E-state index in [1.807, 2.05) is 39.0 Å². The quantitative estimate of drug-likeness (QED) is 0.200. The highest BCUT2D eigenvalue weighted by Gasteiger charge is 2.46. The van der Waals surface area contributed by atoms with Gasteiger partial charge in [0.2, 0.25) is 23.6 Å². The molecule has 3 N–H and O–H groups in total. The van der Waals surface area contributed by atoms with Gasteiger partial charge in [0.15, 0.2) is 5.78 Å². The highest BCUT2D eigenvalue weighted by atomic mass is 16.2. The van der Waals surface area contributed by atoms with Gasteiger partial charge in [0, 0.05) is 6.08 Å². The van der Waals surface area contributed by atoms with Crippen molar-refractivity contribution in [2.24, 2.45) is 17.8 Å². The second kappa shape index (κ2) is 12.6. The minimum Gasteiger partial charge on any atom is -0.346 e. The third-order valence-corrected chi connectivity index (χ3v) is 6.04. The minimum absolute atomic E-state index is 0.0984. The summed E-state index contributed by atoms with van der Waals surface area (Å²) in [6.45, 7) is 7.05. The number of benzene rings is 1. The van der Waals surface area contributed by atoms with Crippen LogP contribution >= 0.6 is 0 Å². The SMILES string of the molecule is C/C=C/C=C/C(=O)N[C@@H](CC(=O)NC(C(=O)[C@@H]1C(=O)NC(=O)[C@H]1C)C(C)CC)c1ccccc1. The Bertz CT molecular complexity index is 970. The Morgan fingerprint density at radius 3 is 2.29 bits per heavy atom. The summed E-state index contributed by atoms with van der Waals surface area (Å²) in [5, 5.41) is 7.78. The van der Waals surface area contributed by atoms with Crippen molar-refractivity contribution in [2.45, 2.75) is 52.6 Å². The molecule has 8 nitrogen and oxygen atoms in total. The van der Waals surface area contributed by atoms with Crippen LogP contribution in [0.3, 0.4) is 0 Å². The van der Waals surface area contributed by atoms with Crippen LogP contribution in [0.2, 0.25) is 0 Å². The second-order valence-electron chi connectivity index (χ2n) is 8.51. The van der Waals surface area contributed by atoms with Crippen molar-refractivity contribution >= 4 is 29.4 Å². The molecule has 8 heteroatoms. The topological polar surface area (TPSA) is 121 Å². The number of Topliss-reactive ketones (excluding diaryl/α,β-unsaturated/α-hetero) is 1. The van der Waals surface area contributed by atoms with Crippen LogP contribution in [0.15, 0.2) is 54.6 Å². The van der Waals surface area contributed by atoms with E-state index in [4.69, 9.17) is 0 Å². The molecule has 4 amide bonds. The van der Waals surface area contributed by atoms with E-state index >= 15 is 0 Å². The maximum Gasteiger partial charge on any atom is 0.244 e. The van der Waals surface area contributed by atoms with Crippen molar-refractivity contribution in [1.29, 1.82) is 0 Å². The fraction of sp³-hybridized carbons (Fsp3) is 0.423. The van der Waals surface area contributed by atoms with E-state index in [9.17, 15) is 24.0 Å². The monoisotopic (exact) mass is 467 g/mol.